The molecule has 0 unspecified atom stereocenters. The van der Waals surface area contributed by atoms with Crippen molar-refractivity contribution >= 4 is 46.6 Å². The Bertz CT molecular complexity index is 3690. The molecule has 0 saturated heterocycles. The average Bonchev–Trinajstić information content (AvgIpc) is 3.75. The van der Waals surface area contributed by atoms with E-state index in [9.17, 15) is 0 Å². The zero-order chi connectivity index (χ0) is 51.6. The molecule has 1 aliphatic heterocycles. The quantitative estimate of drug-likeness (QED) is 0.173. The fourth-order valence-electron chi connectivity index (χ4n) is 14.9. The SMILES string of the molecule is Cc1cc2c(cc1N1c3cc(-c4ccccc4)ccc3Bc3c(-c4c(Nc5ccc6c(c5)C(C)(C)CCC6(C)C)ccc5c4C(C)(C)c4ccccc4-5)cc4c(c31)C(C)(C)c1ccccc1-4)C(C)(C)CCC2(C)C. The molecule has 370 valence electrons. The van der Waals surface area contributed by atoms with Gasteiger partial charge >= 0.3 is 0 Å². The second-order valence-corrected chi connectivity index (χ2v) is 26.8. The van der Waals surface area contributed by atoms with Crippen LogP contribution in [0.15, 0.2) is 146 Å². The van der Waals surface area contributed by atoms with Gasteiger partial charge in [-0.15, -0.1) is 0 Å². The summed E-state index contributed by atoms with van der Waals surface area (Å²) in [5.41, 5.74) is 32.2. The van der Waals surface area contributed by atoms with Crippen molar-refractivity contribution in [3.8, 4) is 44.5 Å². The molecule has 0 saturated carbocycles. The predicted molar refractivity (Wildman–Crippen MR) is 319 cm³/mol. The number of anilines is 5. The second kappa shape index (κ2) is 15.7. The summed E-state index contributed by atoms with van der Waals surface area (Å²) in [7, 11) is 0.812. The van der Waals surface area contributed by atoms with Crippen LogP contribution >= 0.6 is 0 Å². The van der Waals surface area contributed by atoms with E-state index in [-0.39, 0.29) is 32.5 Å². The van der Waals surface area contributed by atoms with Crippen LogP contribution in [0.1, 0.15) is 159 Å². The molecule has 2 nitrogen and oxygen atoms in total. The van der Waals surface area contributed by atoms with Crippen LogP contribution in [0.5, 0.6) is 0 Å². The van der Waals surface area contributed by atoms with Crippen molar-refractivity contribution in [2.24, 2.45) is 0 Å². The van der Waals surface area contributed by atoms with Gasteiger partial charge in [-0.3, -0.25) is 0 Å². The van der Waals surface area contributed by atoms with Gasteiger partial charge in [0.05, 0.1) is 0 Å². The molecule has 5 aliphatic rings. The number of rotatable bonds is 5. The third kappa shape index (κ3) is 6.76. The van der Waals surface area contributed by atoms with Gasteiger partial charge in [-0.05, 0) is 185 Å². The summed E-state index contributed by atoms with van der Waals surface area (Å²) in [5.74, 6) is 0. The van der Waals surface area contributed by atoms with E-state index in [1.807, 2.05) is 0 Å². The summed E-state index contributed by atoms with van der Waals surface area (Å²) < 4.78 is 0. The van der Waals surface area contributed by atoms with Gasteiger partial charge in [0, 0.05) is 44.8 Å². The number of hydrogen-bond donors (Lipinski definition) is 1. The molecule has 8 aromatic rings. The predicted octanol–water partition coefficient (Wildman–Crippen LogP) is 17.6. The Balaban J connectivity index is 1.15. The highest BCUT2D eigenvalue weighted by molar-refractivity contribution is 6.73. The molecular weight excluding hydrogens is 892 g/mol. The lowest BCUT2D eigenvalue weighted by Crippen LogP contribution is -2.43. The maximum atomic E-state index is 4.22. The van der Waals surface area contributed by atoms with Gasteiger partial charge in [-0.1, -0.05) is 198 Å². The second-order valence-electron chi connectivity index (χ2n) is 26.8. The van der Waals surface area contributed by atoms with Crippen LogP contribution in [0.25, 0.3) is 44.5 Å². The molecule has 0 radical (unpaired) electrons. The lowest BCUT2D eigenvalue weighted by atomic mass is 9.56. The maximum Gasteiger partial charge on any atom is 0.198 e. The first-order valence-corrected chi connectivity index (χ1v) is 27.7. The fraction of sp³-hybridized carbons (Fsp3) is 0.324. The van der Waals surface area contributed by atoms with E-state index < -0.39 is 0 Å². The number of aryl methyl sites for hydroxylation is 1. The molecule has 0 bridgehead atoms. The van der Waals surface area contributed by atoms with Gasteiger partial charge in [0.15, 0.2) is 7.28 Å². The van der Waals surface area contributed by atoms with Crippen molar-refractivity contribution in [3.63, 3.8) is 0 Å². The van der Waals surface area contributed by atoms with Crippen molar-refractivity contribution in [1.82, 2.24) is 0 Å². The zero-order valence-electron chi connectivity index (χ0n) is 46.3. The standard InChI is InChI=1S/C71H73BN2/c1-42-37-54-56(69(8,9)36-35-67(54,4)5)41-59(42)74-60-38-44(43-21-15-14-16-22-43)27-31-57(60)72-64-50(40-49-47-24-18-20-26-52(47)71(12,13)63(49)65(64)74)61-58(32-29-48-46-23-17-19-25-51(46)70(10,11)62(48)61)73-45-28-30-53-55(39-45)68(6,7)34-33-66(53,2)3/h14-32,37-41,72-73H,33-36H2,1-13H3. The van der Waals surface area contributed by atoms with Crippen LogP contribution in [-0.4, -0.2) is 7.28 Å². The van der Waals surface area contributed by atoms with Crippen molar-refractivity contribution in [1.29, 1.82) is 0 Å². The molecule has 0 atom stereocenters. The minimum absolute atomic E-state index is 0.0351. The Hall–Kier alpha value is -6.58. The van der Waals surface area contributed by atoms with Crippen LogP contribution in [-0.2, 0) is 32.5 Å². The molecule has 0 fully saturated rings. The van der Waals surface area contributed by atoms with Gasteiger partial charge < -0.3 is 10.2 Å². The Morgan fingerprint density at radius 2 is 0.986 bits per heavy atom. The summed E-state index contributed by atoms with van der Waals surface area (Å²) in [6.45, 7) is 32.0. The van der Waals surface area contributed by atoms with E-state index in [1.54, 1.807) is 0 Å². The van der Waals surface area contributed by atoms with E-state index in [0.717, 1.165) is 25.1 Å². The van der Waals surface area contributed by atoms with E-state index in [4.69, 9.17) is 0 Å². The van der Waals surface area contributed by atoms with E-state index in [0.29, 0.717) is 0 Å². The topological polar surface area (TPSA) is 15.3 Å². The molecule has 0 spiro atoms. The van der Waals surface area contributed by atoms with Gasteiger partial charge in [0.2, 0.25) is 0 Å². The molecule has 8 aromatic carbocycles. The van der Waals surface area contributed by atoms with E-state index >= 15 is 0 Å². The number of benzene rings is 8. The van der Waals surface area contributed by atoms with Crippen molar-refractivity contribution in [2.45, 2.75) is 148 Å². The number of hydrogen-bond acceptors (Lipinski definition) is 2. The Kier molecular flexibility index (Phi) is 10.0. The highest BCUT2D eigenvalue weighted by Gasteiger charge is 2.47. The van der Waals surface area contributed by atoms with Crippen molar-refractivity contribution in [3.05, 3.63) is 196 Å². The average molecular weight is 965 g/mol. The summed E-state index contributed by atoms with van der Waals surface area (Å²) in [4.78, 5) is 2.77. The molecule has 0 aromatic heterocycles. The van der Waals surface area contributed by atoms with Gasteiger partial charge in [-0.25, -0.2) is 0 Å². The first kappa shape index (κ1) is 47.2. The molecule has 4 aliphatic carbocycles. The van der Waals surface area contributed by atoms with E-state index in [2.05, 4.69) is 246 Å². The Morgan fingerprint density at radius 1 is 0.419 bits per heavy atom. The molecule has 1 heterocycles. The highest BCUT2D eigenvalue weighted by Crippen LogP contribution is 2.60. The monoisotopic (exact) mass is 965 g/mol. The molecule has 1 N–H and O–H groups in total. The Labute approximate surface area is 442 Å². The van der Waals surface area contributed by atoms with Crippen molar-refractivity contribution in [2.75, 3.05) is 10.2 Å². The normalized spacial score (nSPS) is 18.9. The zero-order valence-corrected chi connectivity index (χ0v) is 46.3. The lowest BCUT2D eigenvalue weighted by Gasteiger charge is -2.44. The van der Waals surface area contributed by atoms with Crippen LogP contribution in [0, 0.1) is 6.92 Å². The summed E-state index contributed by atoms with van der Waals surface area (Å²) >= 11 is 0. The van der Waals surface area contributed by atoms with E-state index in [1.165, 1.54) is 142 Å². The third-order valence-corrected chi connectivity index (χ3v) is 19.5. The summed E-state index contributed by atoms with van der Waals surface area (Å²) in [6.07, 6.45) is 4.72. The molecule has 3 heteroatoms. The molecule has 0 amide bonds. The smallest absolute Gasteiger partial charge is 0.198 e. The Morgan fingerprint density at radius 3 is 1.65 bits per heavy atom. The van der Waals surface area contributed by atoms with Crippen LogP contribution in [0.4, 0.5) is 28.4 Å². The first-order chi connectivity index (χ1) is 35.1. The molecule has 74 heavy (non-hydrogen) atoms. The maximum absolute atomic E-state index is 4.22. The fourth-order valence-corrected chi connectivity index (χ4v) is 14.9. The van der Waals surface area contributed by atoms with Gasteiger partial charge in [0.25, 0.3) is 0 Å². The number of nitrogens with one attached hydrogen (secondary N) is 1. The van der Waals surface area contributed by atoms with Crippen LogP contribution in [0.2, 0.25) is 0 Å². The van der Waals surface area contributed by atoms with Crippen LogP contribution in [0.3, 0.4) is 0 Å². The lowest BCUT2D eigenvalue weighted by molar-refractivity contribution is 0.332. The van der Waals surface area contributed by atoms with Gasteiger partial charge in [0.1, 0.15) is 0 Å². The first-order valence-electron chi connectivity index (χ1n) is 27.7. The number of nitrogens with zero attached hydrogens (tertiary/aromatic N) is 1. The summed E-state index contributed by atoms with van der Waals surface area (Å²) in [6, 6.07) is 56.8. The van der Waals surface area contributed by atoms with Crippen molar-refractivity contribution < 1.29 is 0 Å². The molecule has 13 rings (SSSR count). The molecular formula is C71H73BN2. The minimum atomic E-state index is -0.274. The largest absolute Gasteiger partial charge is 0.355 e. The number of fused-ring (bicyclic) bond motifs is 11. The third-order valence-electron chi connectivity index (χ3n) is 19.5. The minimum Gasteiger partial charge on any atom is -0.355 e. The summed E-state index contributed by atoms with van der Waals surface area (Å²) in [5, 5.41) is 4.22. The highest BCUT2D eigenvalue weighted by atomic mass is 15.2. The van der Waals surface area contributed by atoms with Gasteiger partial charge in [-0.2, -0.15) is 0 Å². The van der Waals surface area contributed by atoms with Crippen LogP contribution < -0.4 is 21.1 Å².